The zero-order valence-electron chi connectivity index (χ0n) is 17.1. The van der Waals surface area contributed by atoms with Crippen LogP contribution in [-0.2, 0) is 13.2 Å². The molecule has 0 saturated heterocycles. The van der Waals surface area contributed by atoms with Crippen molar-refractivity contribution in [3.8, 4) is 5.75 Å². The molecule has 0 aliphatic carbocycles. The van der Waals surface area contributed by atoms with E-state index in [9.17, 15) is 0 Å². The molecule has 156 valence electrons. The fourth-order valence-corrected chi connectivity index (χ4v) is 3.66. The van der Waals surface area contributed by atoms with Gasteiger partial charge in [0.05, 0.1) is 0 Å². The fraction of sp³-hybridized carbons (Fsp3) is 0.360. The molecule has 4 heteroatoms. The molecule has 29 heavy (non-hydrogen) atoms. The maximum Gasteiger partial charge on any atom is 0.124 e. The molecule has 0 unspecified atom stereocenters. The van der Waals surface area contributed by atoms with Crippen LogP contribution in [0.4, 0.5) is 0 Å². The maximum atomic E-state index is 6.29. The number of unbranched alkanes of at least 4 members (excludes halogenated alkanes) is 4. The van der Waals surface area contributed by atoms with E-state index in [0.717, 1.165) is 29.4 Å². The summed E-state index contributed by atoms with van der Waals surface area (Å²) in [5.41, 5.74) is 2.23. The lowest BCUT2D eigenvalue weighted by atomic mass is 10.0. The van der Waals surface area contributed by atoms with Crippen LogP contribution in [0.2, 0.25) is 5.02 Å². The van der Waals surface area contributed by atoms with E-state index in [1.165, 1.54) is 48.4 Å². The first-order valence-corrected chi connectivity index (χ1v) is 10.7. The molecule has 0 aliphatic heterocycles. The highest BCUT2D eigenvalue weighted by Gasteiger charge is 2.10. The van der Waals surface area contributed by atoms with Crippen molar-refractivity contribution in [2.24, 2.45) is 0 Å². The standard InChI is InChI=1S/C25H30ClNO.ClH/c1-2-3-4-5-10-17-27-18-23-22-13-8-6-11-20(22)15-16-25(23)28-19-21-12-7-9-14-24(21)26;/h6-9,11-16,27H,2-5,10,17-19H2,1H3;1H. The van der Waals surface area contributed by atoms with Crippen molar-refractivity contribution < 1.29 is 4.74 Å². The van der Waals surface area contributed by atoms with E-state index in [-0.39, 0.29) is 12.4 Å². The molecule has 3 rings (SSSR count). The molecular weight excluding hydrogens is 401 g/mol. The molecule has 0 saturated carbocycles. The SMILES string of the molecule is CCCCCCCNCc1c(OCc2ccccc2Cl)ccc2ccccc12.Cl. The molecule has 1 N–H and O–H groups in total. The van der Waals surface area contributed by atoms with Gasteiger partial charge in [0.1, 0.15) is 12.4 Å². The van der Waals surface area contributed by atoms with E-state index >= 15 is 0 Å². The Kier molecular flexibility index (Phi) is 10.3. The Morgan fingerprint density at radius 1 is 0.862 bits per heavy atom. The van der Waals surface area contributed by atoms with Gasteiger partial charge in [-0.1, -0.05) is 92.7 Å². The Morgan fingerprint density at radius 3 is 2.45 bits per heavy atom. The largest absolute Gasteiger partial charge is 0.488 e. The van der Waals surface area contributed by atoms with Gasteiger partial charge in [-0.3, -0.25) is 0 Å². The minimum Gasteiger partial charge on any atom is -0.488 e. The second-order valence-electron chi connectivity index (χ2n) is 7.23. The summed E-state index contributed by atoms with van der Waals surface area (Å²) in [4.78, 5) is 0. The van der Waals surface area contributed by atoms with E-state index in [1.54, 1.807) is 0 Å². The van der Waals surface area contributed by atoms with Gasteiger partial charge in [-0.15, -0.1) is 12.4 Å². The molecule has 0 aliphatic rings. The molecule has 0 amide bonds. The van der Waals surface area contributed by atoms with Crippen LogP contribution in [-0.4, -0.2) is 6.54 Å². The van der Waals surface area contributed by atoms with Crippen LogP contribution < -0.4 is 10.1 Å². The number of nitrogens with one attached hydrogen (secondary N) is 1. The lowest BCUT2D eigenvalue weighted by molar-refractivity contribution is 0.303. The predicted molar refractivity (Wildman–Crippen MR) is 127 cm³/mol. The van der Waals surface area contributed by atoms with E-state index in [1.807, 2.05) is 24.3 Å². The van der Waals surface area contributed by atoms with E-state index < -0.39 is 0 Å². The summed E-state index contributed by atoms with van der Waals surface area (Å²) in [7, 11) is 0. The van der Waals surface area contributed by atoms with Gasteiger partial charge in [0.2, 0.25) is 0 Å². The summed E-state index contributed by atoms with van der Waals surface area (Å²) in [5.74, 6) is 0.928. The quantitative estimate of drug-likeness (QED) is 0.316. The van der Waals surface area contributed by atoms with Gasteiger partial charge in [0.15, 0.2) is 0 Å². The van der Waals surface area contributed by atoms with Crippen molar-refractivity contribution in [1.29, 1.82) is 0 Å². The van der Waals surface area contributed by atoms with Gasteiger partial charge in [0, 0.05) is 22.7 Å². The lowest BCUT2D eigenvalue weighted by Gasteiger charge is -2.16. The van der Waals surface area contributed by atoms with Gasteiger partial charge < -0.3 is 10.1 Å². The Balaban J connectivity index is 0.00000300. The normalized spacial score (nSPS) is 10.7. The van der Waals surface area contributed by atoms with Gasteiger partial charge >= 0.3 is 0 Å². The molecule has 0 fully saturated rings. The topological polar surface area (TPSA) is 21.3 Å². The average molecular weight is 432 g/mol. The van der Waals surface area contributed by atoms with E-state index in [0.29, 0.717) is 6.61 Å². The molecule has 0 radical (unpaired) electrons. The number of ether oxygens (including phenoxy) is 1. The van der Waals surface area contributed by atoms with Gasteiger partial charge in [0.25, 0.3) is 0 Å². The Morgan fingerprint density at radius 2 is 1.62 bits per heavy atom. The summed E-state index contributed by atoms with van der Waals surface area (Å²) >= 11 is 6.29. The van der Waals surface area contributed by atoms with Crippen molar-refractivity contribution in [3.05, 3.63) is 76.8 Å². The molecule has 3 aromatic rings. The van der Waals surface area contributed by atoms with Crippen LogP contribution in [0.1, 0.15) is 50.2 Å². The third kappa shape index (κ3) is 6.92. The minimum atomic E-state index is 0. The van der Waals surface area contributed by atoms with Crippen LogP contribution in [0.5, 0.6) is 5.75 Å². The number of hydrogen-bond acceptors (Lipinski definition) is 2. The first-order valence-electron chi connectivity index (χ1n) is 10.4. The highest BCUT2D eigenvalue weighted by atomic mass is 35.5. The van der Waals surface area contributed by atoms with Crippen LogP contribution in [0.25, 0.3) is 10.8 Å². The van der Waals surface area contributed by atoms with Crippen molar-refractivity contribution in [1.82, 2.24) is 5.32 Å². The molecule has 0 spiro atoms. The number of hydrogen-bond donors (Lipinski definition) is 1. The van der Waals surface area contributed by atoms with Crippen molar-refractivity contribution in [3.63, 3.8) is 0 Å². The van der Waals surface area contributed by atoms with Gasteiger partial charge in [-0.05, 0) is 35.9 Å². The molecular formula is C25H31Cl2NO. The first-order chi connectivity index (χ1) is 13.8. The summed E-state index contributed by atoms with van der Waals surface area (Å²) < 4.78 is 6.20. The molecule has 2 nitrogen and oxygen atoms in total. The Bertz CT molecular complexity index is 882. The van der Waals surface area contributed by atoms with Crippen LogP contribution in [0.3, 0.4) is 0 Å². The van der Waals surface area contributed by atoms with Gasteiger partial charge in [-0.25, -0.2) is 0 Å². The average Bonchev–Trinajstić information content (AvgIpc) is 2.73. The highest BCUT2D eigenvalue weighted by Crippen LogP contribution is 2.29. The molecule has 0 atom stereocenters. The Labute approximate surface area is 186 Å². The summed E-state index contributed by atoms with van der Waals surface area (Å²) in [6, 6.07) is 20.6. The van der Waals surface area contributed by atoms with Gasteiger partial charge in [-0.2, -0.15) is 0 Å². The Hall–Kier alpha value is -1.74. The van der Waals surface area contributed by atoms with Crippen molar-refractivity contribution >= 4 is 34.8 Å². The highest BCUT2D eigenvalue weighted by molar-refractivity contribution is 6.31. The lowest BCUT2D eigenvalue weighted by Crippen LogP contribution is -2.16. The summed E-state index contributed by atoms with van der Waals surface area (Å²) in [6.07, 6.45) is 6.48. The summed E-state index contributed by atoms with van der Waals surface area (Å²) in [5, 5.41) is 6.85. The monoisotopic (exact) mass is 431 g/mol. The molecule has 0 aromatic heterocycles. The summed E-state index contributed by atoms with van der Waals surface area (Å²) in [6.45, 7) is 4.58. The molecule has 3 aromatic carbocycles. The van der Waals surface area contributed by atoms with Crippen molar-refractivity contribution in [2.45, 2.75) is 52.2 Å². The second kappa shape index (κ2) is 12.7. The number of benzene rings is 3. The minimum absolute atomic E-state index is 0. The van der Waals surface area contributed by atoms with Crippen LogP contribution >= 0.6 is 24.0 Å². The molecule has 0 heterocycles. The number of rotatable bonds is 11. The second-order valence-corrected chi connectivity index (χ2v) is 7.64. The molecule has 0 bridgehead atoms. The first kappa shape index (κ1) is 23.5. The smallest absolute Gasteiger partial charge is 0.124 e. The third-order valence-electron chi connectivity index (χ3n) is 5.10. The third-order valence-corrected chi connectivity index (χ3v) is 5.47. The number of fused-ring (bicyclic) bond motifs is 1. The zero-order valence-corrected chi connectivity index (χ0v) is 18.7. The predicted octanol–water partition coefficient (Wildman–Crippen LogP) is 7.55. The van der Waals surface area contributed by atoms with E-state index in [2.05, 4.69) is 48.6 Å². The van der Waals surface area contributed by atoms with Crippen LogP contribution in [0, 0.1) is 0 Å². The van der Waals surface area contributed by atoms with E-state index in [4.69, 9.17) is 16.3 Å². The fourth-order valence-electron chi connectivity index (χ4n) is 3.47. The number of halogens is 2. The van der Waals surface area contributed by atoms with Crippen LogP contribution in [0.15, 0.2) is 60.7 Å². The zero-order chi connectivity index (χ0) is 19.6. The maximum absolute atomic E-state index is 6.29. The van der Waals surface area contributed by atoms with Crippen molar-refractivity contribution in [2.75, 3.05) is 6.54 Å².